The highest BCUT2D eigenvalue weighted by atomic mass is 16.5. The van der Waals surface area contributed by atoms with Crippen LogP contribution in [0.4, 0.5) is 4.79 Å². The minimum Gasteiger partial charge on any atom is -0.445 e. The van der Waals surface area contributed by atoms with Gasteiger partial charge in [-0.2, -0.15) is 0 Å². The Morgan fingerprint density at radius 2 is 1.71 bits per heavy atom. The normalized spacial score (nSPS) is 15.0. The molecule has 1 saturated heterocycles. The van der Waals surface area contributed by atoms with Crippen molar-refractivity contribution in [2.45, 2.75) is 26.0 Å². The van der Waals surface area contributed by atoms with Gasteiger partial charge in [0.25, 0.3) is 0 Å². The minimum absolute atomic E-state index is 0.111. The number of morpholine rings is 1. The lowest BCUT2D eigenvalue weighted by Crippen LogP contribution is -2.52. The van der Waals surface area contributed by atoms with Gasteiger partial charge in [-0.25, -0.2) is 4.79 Å². The molecule has 6 nitrogen and oxygen atoms in total. The van der Waals surface area contributed by atoms with E-state index in [1.54, 1.807) is 4.90 Å². The molecule has 0 aromatic heterocycles. The fourth-order valence-electron chi connectivity index (χ4n) is 3.07. The van der Waals surface area contributed by atoms with Crippen molar-refractivity contribution < 1.29 is 19.1 Å². The first-order valence-electron chi connectivity index (χ1n) is 9.51. The van der Waals surface area contributed by atoms with Crippen LogP contribution in [0.5, 0.6) is 0 Å². The van der Waals surface area contributed by atoms with Crippen LogP contribution in [0.25, 0.3) is 0 Å². The summed E-state index contributed by atoms with van der Waals surface area (Å²) in [6.45, 7) is 4.27. The van der Waals surface area contributed by atoms with Crippen LogP contribution < -0.4 is 5.32 Å². The molecule has 1 aliphatic heterocycles. The highest BCUT2D eigenvalue weighted by Crippen LogP contribution is 2.10. The van der Waals surface area contributed by atoms with Gasteiger partial charge in [-0.05, 0) is 18.1 Å². The molecule has 6 heteroatoms. The highest BCUT2D eigenvalue weighted by Gasteiger charge is 2.28. The predicted octanol–water partition coefficient (Wildman–Crippen LogP) is 2.69. The largest absolute Gasteiger partial charge is 0.445 e. The summed E-state index contributed by atoms with van der Waals surface area (Å²) in [5.41, 5.74) is 3.03. The summed E-state index contributed by atoms with van der Waals surface area (Å²) >= 11 is 0. The molecule has 0 radical (unpaired) electrons. The van der Waals surface area contributed by atoms with Crippen LogP contribution in [0, 0.1) is 6.92 Å². The number of carbonyl (C=O) groups excluding carboxylic acids is 2. The van der Waals surface area contributed by atoms with Crippen LogP contribution in [-0.4, -0.2) is 49.2 Å². The average Bonchev–Trinajstić information content (AvgIpc) is 2.74. The van der Waals surface area contributed by atoms with E-state index in [4.69, 9.17) is 9.47 Å². The van der Waals surface area contributed by atoms with Gasteiger partial charge in [-0.3, -0.25) is 4.79 Å². The van der Waals surface area contributed by atoms with Gasteiger partial charge in [0, 0.05) is 19.5 Å². The molecule has 148 valence electrons. The Hall–Kier alpha value is -2.86. The van der Waals surface area contributed by atoms with Gasteiger partial charge >= 0.3 is 6.09 Å². The number of hydrogen-bond donors (Lipinski definition) is 1. The zero-order valence-electron chi connectivity index (χ0n) is 16.1. The standard InChI is InChI=1S/C22H26N2O4/c1-17-7-9-18(10-8-17)15-20(21(25)24-11-13-27-14-12-24)23-22(26)28-16-19-5-3-2-4-6-19/h2-10,20H,11-16H2,1H3,(H,23,26)/t20-/m0/s1. The third kappa shape index (κ3) is 5.82. The minimum atomic E-state index is -0.677. The number of carbonyl (C=O) groups is 2. The molecule has 2 amide bonds. The number of hydrogen-bond acceptors (Lipinski definition) is 4. The third-order valence-electron chi connectivity index (χ3n) is 4.69. The van der Waals surface area contributed by atoms with E-state index >= 15 is 0 Å². The molecule has 0 spiro atoms. The summed E-state index contributed by atoms with van der Waals surface area (Å²) in [5.74, 6) is -0.111. The van der Waals surface area contributed by atoms with Crippen LogP contribution in [0.15, 0.2) is 54.6 Å². The number of aryl methyl sites for hydroxylation is 1. The molecular formula is C22H26N2O4. The Morgan fingerprint density at radius 1 is 1.04 bits per heavy atom. The van der Waals surface area contributed by atoms with Crippen LogP contribution in [0.3, 0.4) is 0 Å². The lowest BCUT2D eigenvalue weighted by atomic mass is 10.0. The smallest absolute Gasteiger partial charge is 0.408 e. The number of benzene rings is 2. The molecule has 0 unspecified atom stereocenters. The topological polar surface area (TPSA) is 67.9 Å². The molecule has 2 aromatic rings. The molecule has 0 bridgehead atoms. The van der Waals surface area contributed by atoms with Crippen molar-refractivity contribution in [1.82, 2.24) is 10.2 Å². The summed E-state index contributed by atoms with van der Waals surface area (Å²) < 4.78 is 10.6. The van der Waals surface area contributed by atoms with Crippen molar-refractivity contribution in [2.24, 2.45) is 0 Å². The molecule has 1 heterocycles. The molecule has 2 aromatic carbocycles. The van der Waals surface area contributed by atoms with E-state index in [2.05, 4.69) is 5.32 Å². The Kier molecular flexibility index (Phi) is 7.03. The van der Waals surface area contributed by atoms with Gasteiger partial charge < -0.3 is 19.7 Å². The highest BCUT2D eigenvalue weighted by molar-refractivity contribution is 5.86. The molecular weight excluding hydrogens is 356 g/mol. The molecule has 3 rings (SSSR count). The van der Waals surface area contributed by atoms with Gasteiger partial charge in [-0.1, -0.05) is 60.2 Å². The second-order valence-electron chi connectivity index (χ2n) is 6.89. The fourth-order valence-corrected chi connectivity index (χ4v) is 3.07. The van der Waals surface area contributed by atoms with Gasteiger partial charge in [-0.15, -0.1) is 0 Å². The maximum absolute atomic E-state index is 13.0. The van der Waals surface area contributed by atoms with E-state index in [0.29, 0.717) is 32.7 Å². The number of nitrogens with zero attached hydrogens (tertiary/aromatic N) is 1. The first-order valence-corrected chi connectivity index (χ1v) is 9.51. The summed E-state index contributed by atoms with van der Waals surface area (Å²) in [7, 11) is 0. The zero-order valence-corrected chi connectivity index (χ0v) is 16.1. The lowest BCUT2D eigenvalue weighted by Gasteiger charge is -2.30. The maximum Gasteiger partial charge on any atom is 0.408 e. The van der Waals surface area contributed by atoms with Crippen molar-refractivity contribution >= 4 is 12.0 Å². The van der Waals surface area contributed by atoms with Crippen LogP contribution >= 0.6 is 0 Å². The van der Waals surface area contributed by atoms with E-state index < -0.39 is 12.1 Å². The predicted molar refractivity (Wildman–Crippen MR) is 106 cm³/mol. The summed E-state index contributed by atoms with van der Waals surface area (Å²) in [4.78, 5) is 27.0. The van der Waals surface area contributed by atoms with E-state index in [-0.39, 0.29) is 12.5 Å². The van der Waals surface area contributed by atoms with E-state index in [9.17, 15) is 9.59 Å². The first-order chi connectivity index (χ1) is 13.6. The summed E-state index contributed by atoms with van der Waals surface area (Å²) in [6, 6.07) is 16.7. The summed E-state index contributed by atoms with van der Waals surface area (Å²) in [5, 5.41) is 2.75. The van der Waals surface area contributed by atoms with E-state index in [1.807, 2.05) is 61.5 Å². The maximum atomic E-state index is 13.0. The molecule has 0 aliphatic carbocycles. The number of ether oxygens (including phenoxy) is 2. The second kappa shape index (κ2) is 9.90. The van der Waals surface area contributed by atoms with Crippen LogP contribution in [0.1, 0.15) is 16.7 Å². The SMILES string of the molecule is Cc1ccc(C[C@H](NC(=O)OCc2ccccc2)C(=O)N2CCOCC2)cc1. The number of alkyl carbamates (subject to hydrolysis) is 1. The number of rotatable bonds is 6. The van der Waals surface area contributed by atoms with Crippen molar-refractivity contribution in [3.05, 3.63) is 71.3 Å². The van der Waals surface area contributed by atoms with Crippen molar-refractivity contribution in [1.29, 1.82) is 0 Å². The summed E-state index contributed by atoms with van der Waals surface area (Å²) in [6.07, 6.45) is -0.181. The Morgan fingerprint density at radius 3 is 2.39 bits per heavy atom. The van der Waals surface area contributed by atoms with Gasteiger partial charge in [0.1, 0.15) is 12.6 Å². The van der Waals surface area contributed by atoms with Crippen LogP contribution in [-0.2, 0) is 27.3 Å². The van der Waals surface area contributed by atoms with Crippen molar-refractivity contribution in [2.75, 3.05) is 26.3 Å². The Bertz CT molecular complexity index is 771. The van der Waals surface area contributed by atoms with Crippen LogP contribution in [0.2, 0.25) is 0 Å². The van der Waals surface area contributed by atoms with E-state index in [1.165, 1.54) is 0 Å². The molecule has 1 aliphatic rings. The van der Waals surface area contributed by atoms with Gasteiger partial charge in [0.15, 0.2) is 0 Å². The number of nitrogens with one attached hydrogen (secondary N) is 1. The molecule has 1 fully saturated rings. The molecule has 0 saturated carbocycles. The van der Waals surface area contributed by atoms with E-state index in [0.717, 1.165) is 16.7 Å². The third-order valence-corrected chi connectivity index (χ3v) is 4.69. The van der Waals surface area contributed by atoms with Gasteiger partial charge in [0.2, 0.25) is 5.91 Å². The Balaban J connectivity index is 1.64. The quantitative estimate of drug-likeness (QED) is 0.834. The monoisotopic (exact) mass is 382 g/mol. The van der Waals surface area contributed by atoms with Crippen molar-refractivity contribution in [3.63, 3.8) is 0 Å². The van der Waals surface area contributed by atoms with Crippen molar-refractivity contribution in [3.8, 4) is 0 Å². The average molecular weight is 382 g/mol. The zero-order chi connectivity index (χ0) is 19.8. The fraction of sp³-hybridized carbons (Fsp3) is 0.364. The molecule has 1 N–H and O–H groups in total. The Labute approximate surface area is 165 Å². The molecule has 1 atom stereocenters. The first kappa shape index (κ1) is 19.9. The second-order valence-corrected chi connectivity index (χ2v) is 6.89. The van der Waals surface area contributed by atoms with Gasteiger partial charge in [0.05, 0.1) is 13.2 Å². The lowest BCUT2D eigenvalue weighted by molar-refractivity contribution is -0.137. The molecule has 28 heavy (non-hydrogen) atoms. The number of amides is 2.